The maximum absolute atomic E-state index is 13.0. The van der Waals surface area contributed by atoms with Gasteiger partial charge in [-0.05, 0) is 12.8 Å². The van der Waals surface area contributed by atoms with Crippen LogP contribution in [0.3, 0.4) is 0 Å². The van der Waals surface area contributed by atoms with Crippen molar-refractivity contribution in [1.29, 1.82) is 0 Å². The fourth-order valence-electron chi connectivity index (χ4n) is 5.58. The Kier molecular flexibility index (Phi) is 28.5. The number of unbranched alkanes of at least 4 members (excludes halogenated alkanes) is 13. The number of carbonyl (C=O) groups excluding carboxylic acids is 4. The van der Waals surface area contributed by atoms with E-state index in [0.29, 0.717) is 18.5 Å². The van der Waals surface area contributed by atoms with Gasteiger partial charge in [-0.3, -0.25) is 24.5 Å². The molecule has 0 spiro atoms. The summed E-state index contributed by atoms with van der Waals surface area (Å²) in [6, 6.07) is -1.37. The Bertz CT molecular complexity index is 1030. The number of rotatable bonds is 34. The van der Waals surface area contributed by atoms with Gasteiger partial charge in [0.2, 0.25) is 23.6 Å². The molecule has 0 aromatic carbocycles. The van der Waals surface area contributed by atoms with Crippen molar-refractivity contribution >= 4 is 23.6 Å². The lowest BCUT2D eigenvalue weighted by molar-refractivity contribution is -0.131. The van der Waals surface area contributed by atoms with E-state index in [4.69, 9.17) is 9.47 Å². The van der Waals surface area contributed by atoms with Crippen LogP contribution in [0.4, 0.5) is 0 Å². The van der Waals surface area contributed by atoms with Crippen LogP contribution in [-0.4, -0.2) is 104 Å². The molecule has 294 valence electrons. The van der Waals surface area contributed by atoms with E-state index in [2.05, 4.69) is 43.5 Å². The summed E-state index contributed by atoms with van der Waals surface area (Å²) in [4.78, 5) is 56.4. The van der Waals surface area contributed by atoms with E-state index in [0.717, 1.165) is 32.1 Å². The average molecular weight is 724 g/mol. The van der Waals surface area contributed by atoms with Crippen molar-refractivity contribution < 1.29 is 33.8 Å². The van der Waals surface area contributed by atoms with E-state index in [1.807, 2.05) is 6.92 Å². The zero-order valence-electron chi connectivity index (χ0n) is 31.7. The smallest absolute Gasteiger partial charge is 0.246 e. The number of aliphatic hydroxyl groups excluding tert-OH is 1. The topological polar surface area (TPSA) is 196 Å². The standard InChI is InChI=1S/C37H69N7O7/c1-4-6-8-9-10-11-12-13-14-15-16-17-18-20-33(45)41-27-34(46)44-32(25-30-26-39-29-42-30)37(49)40-21-22-50-23-24-51-28-35(47)43-31(19-7-5-2)36(48)38-3/h26,29,31-32,34,44,46H,4-25,27-28H2,1-3H3,(H,38,48)(H,39,42)(H,40,49)(H,41,45)(H,43,47)/t31-,32-,34?/m0/s1. The Morgan fingerprint density at radius 2 is 1.39 bits per heavy atom. The van der Waals surface area contributed by atoms with Crippen LogP contribution in [0.25, 0.3) is 0 Å². The van der Waals surface area contributed by atoms with Crippen LogP contribution in [0.15, 0.2) is 12.5 Å². The minimum absolute atomic E-state index is 0.0175. The molecule has 0 bridgehead atoms. The molecule has 4 amide bonds. The molecule has 0 saturated heterocycles. The van der Waals surface area contributed by atoms with Crippen molar-refractivity contribution in [3.05, 3.63) is 18.2 Å². The van der Waals surface area contributed by atoms with Crippen molar-refractivity contribution in [2.24, 2.45) is 0 Å². The van der Waals surface area contributed by atoms with Gasteiger partial charge in [-0.25, -0.2) is 4.98 Å². The van der Waals surface area contributed by atoms with Crippen LogP contribution in [0, 0.1) is 0 Å². The summed E-state index contributed by atoms with van der Waals surface area (Å²) in [5.41, 5.74) is 0.714. The predicted octanol–water partition coefficient (Wildman–Crippen LogP) is 3.40. The number of hydrogen-bond donors (Lipinski definition) is 7. The van der Waals surface area contributed by atoms with Crippen molar-refractivity contribution in [2.75, 3.05) is 46.6 Å². The fourth-order valence-corrected chi connectivity index (χ4v) is 5.58. The minimum Gasteiger partial charge on any atom is -0.377 e. The molecule has 7 N–H and O–H groups in total. The monoisotopic (exact) mass is 724 g/mol. The second-order valence-electron chi connectivity index (χ2n) is 13.1. The molecular weight excluding hydrogens is 654 g/mol. The summed E-state index contributed by atoms with van der Waals surface area (Å²) in [5.74, 6) is -1.07. The van der Waals surface area contributed by atoms with Crippen LogP contribution >= 0.6 is 0 Å². The van der Waals surface area contributed by atoms with E-state index >= 15 is 0 Å². The molecule has 0 radical (unpaired) electrons. The molecule has 3 atom stereocenters. The first-order valence-corrected chi connectivity index (χ1v) is 19.4. The lowest BCUT2D eigenvalue weighted by Crippen LogP contribution is -2.53. The van der Waals surface area contributed by atoms with E-state index in [9.17, 15) is 24.3 Å². The van der Waals surface area contributed by atoms with Gasteiger partial charge >= 0.3 is 0 Å². The Morgan fingerprint density at radius 1 is 0.765 bits per heavy atom. The highest BCUT2D eigenvalue weighted by Gasteiger charge is 2.22. The minimum atomic E-state index is -1.12. The first-order valence-electron chi connectivity index (χ1n) is 19.4. The highest BCUT2D eigenvalue weighted by atomic mass is 16.5. The van der Waals surface area contributed by atoms with Gasteiger partial charge in [-0.15, -0.1) is 0 Å². The molecule has 1 rings (SSSR count). The molecule has 0 aliphatic rings. The number of H-pyrrole nitrogens is 1. The number of nitrogens with zero attached hydrogens (tertiary/aromatic N) is 1. The summed E-state index contributed by atoms with van der Waals surface area (Å²) in [5, 5.41) is 24.3. The van der Waals surface area contributed by atoms with Crippen LogP contribution in [0.2, 0.25) is 0 Å². The number of carbonyl (C=O) groups is 4. The SMILES string of the molecule is CCCCCCCCCCCCCCCC(=O)NCC(O)N[C@@H](Cc1cnc[nH]1)C(=O)NCCOCCOCC(=O)N[C@@H](CCCC)C(=O)NC. The Hall–Kier alpha value is -3.07. The molecule has 1 heterocycles. The summed E-state index contributed by atoms with van der Waals surface area (Å²) in [6.45, 7) is 4.87. The summed E-state index contributed by atoms with van der Waals surface area (Å²) in [7, 11) is 1.53. The van der Waals surface area contributed by atoms with Crippen molar-refractivity contribution in [3.8, 4) is 0 Å². The number of likely N-dealkylation sites (N-methyl/N-ethyl adjacent to an activating group) is 1. The van der Waals surface area contributed by atoms with Crippen LogP contribution < -0.4 is 26.6 Å². The highest BCUT2D eigenvalue weighted by Crippen LogP contribution is 2.13. The number of ether oxygens (including phenoxy) is 2. The fraction of sp³-hybridized carbons (Fsp3) is 0.811. The van der Waals surface area contributed by atoms with Gasteiger partial charge in [0.05, 0.1) is 38.7 Å². The van der Waals surface area contributed by atoms with Crippen molar-refractivity contribution in [3.63, 3.8) is 0 Å². The van der Waals surface area contributed by atoms with Crippen molar-refractivity contribution in [1.82, 2.24) is 36.6 Å². The maximum Gasteiger partial charge on any atom is 0.246 e. The molecule has 1 aromatic rings. The van der Waals surface area contributed by atoms with Gasteiger partial charge in [-0.1, -0.05) is 104 Å². The molecule has 51 heavy (non-hydrogen) atoms. The van der Waals surface area contributed by atoms with E-state index in [1.165, 1.54) is 77.6 Å². The van der Waals surface area contributed by atoms with Gasteiger partial charge in [0.25, 0.3) is 0 Å². The number of aromatic amines is 1. The zero-order chi connectivity index (χ0) is 37.4. The third-order valence-corrected chi connectivity index (χ3v) is 8.58. The molecule has 0 aliphatic carbocycles. The number of aliphatic hydroxyl groups is 1. The number of nitrogens with one attached hydrogen (secondary N) is 6. The normalized spacial score (nSPS) is 12.9. The Labute approximate surface area is 306 Å². The highest BCUT2D eigenvalue weighted by molar-refractivity contribution is 5.87. The average Bonchev–Trinajstić information content (AvgIpc) is 3.64. The molecule has 0 saturated carbocycles. The first kappa shape index (κ1) is 46.0. The van der Waals surface area contributed by atoms with Crippen LogP contribution in [-0.2, 0) is 35.1 Å². The second kappa shape index (κ2) is 31.6. The molecule has 1 aromatic heterocycles. The van der Waals surface area contributed by atoms with E-state index < -0.39 is 18.3 Å². The largest absolute Gasteiger partial charge is 0.377 e. The number of amides is 4. The first-order chi connectivity index (χ1) is 24.8. The Balaban J connectivity index is 2.22. The van der Waals surface area contributed by atoms with Gasteiger partial charge < -0.3 is 40.8 Å². The number of imidazole rings is 1. The maximum atomic E-state index is 13.0. The van der Waals surface area contributed by atoms with Gasteiger partial charge in [0.1, 0.15) is 18.9 Å². The number of hydrogen-bond acceptors (Lipinski definition) is 9. The molecule has 0 aliphatic heterocycles. The lowest BCUT2D eigenvalue weighted by atomic mass is 10.0. The van der Waals surface area contributed by atoms with Crippen molar-refractivity contribution in [2.45, 2.75) is 148 Å². The van der Waals surface area contributed by atoms with E-state index in [1.54, 1.807) is 6.20 Å². The zero-order valence-corrected chi connectivity index (χ0v) is 31.7. The van der Waals surface area contributed by atoms with Gasteiger partial charge in [0, 0.05) is 38.3 Å². The molecule has 1 unspecified atom stereocenters. The van der Waals surface area contributed by atoms with E-state index in [-0.39, 0.29) is 69.6 Å². The molecule has 14 nitrogen and oxygen atoms in total. The summed E-state index contributed by atoms with van der Waals surface area (Å²) < 4.78 is 10.9. The molecular formula is C37H69N7O7. The van der Waals surface area contributed by atoms with Crippen LogP contribution in [0.5, 0.6) is 0 Å². The predicted molar refractivity (Wildman–Crippen MR) is 199 cm³/mol. The summed E-state index contributed by atoms with van der Waals surface area (Å²) in [6.07, 6.45) is 21.1. The van der Waals surface area contributed by atoms with Gasteiger partial charge in [0.15, 0.2) is 0 Å². The molecule has 0 fully saturated rings. The molecule has 14 heteroatoms. The third kappa shape index (κ3) is 25.5. The van der Waals surface area contributed by atoms with Gasteiger partial charge in [-0.2, -0.15) is 0 Å². The second-order valence-corrected chi connectivity index (χ2v) is 13.1. The summed E-state index contributed by atoms with van der Waals surface area (Å²) >= 11 is 0. The van der Waals surface area contributed by atoms with Crippen LogP contribution in [0.1, 0.15) is 129 Å². The number of aromatic nitrogens is 2. The quantitative estimate of drug-likeness (QED) is 0.0412. The Morgan fingerprint density at radius 3 is 2.00 bits per heavy atom. The third-order valence-electron chi connectivity index (χ3n) is 8.58. The lowest BCUT2D eigenvalue weighted by Gasteiger charge is -2.22.